The maximum atomic E-state index is 14.3. The van der Waals surface area contributed by atoms with Gasteiger partial charge in [-0.3, -0.25) is 14.5 Å². The smallest absolute Gasteiger partial charge is 0.259 e. The minimum atomic E-state index is -0.719. The highest BCUT2D eigenvalue weighted by Gasteiger charge is 2.41. The number of halogens is 1. The van der Waals surface area contributed by atoms with Gasteiger partial charge in [-0.1, -0.05) is 54.6 Å². The van der Waals surface area contributed by atoms with Crippen molar-refractivity contribution < 1.29 is 14.0 Å². The van der Waals surface area contributed by atoms with E-state index in [1.54, 1.807) is 29.2 Å². The summed E-state index contributed by atoms with van der Waals surface area (Å²) >= 11 is 0. The number of benzene rings is 4. The van der Waals surface area contributed by atoms with E-state index in [1.165, 1.54) is 17.8 Å². The minimum absolute atomic E-state index is 0.00749. The van der Waals surface area contributed by atoms with E-state index >= 15 is 0 Å². The van der Waals surface area contributed by atoms with Gasteiger partial charge in [0, 0.05) is 42.0 Å². The summed E-state index contributed by atoms with van der Waals surface area (Å²) in [6.45, 7) is 6.15. The monoisotopic (exact) mass is 559 g/mol. The Morgan fingerprint density at radius 1 is 0.833 bits per heavy atom. The topological polar surface area (TPSA) is 52.7 Å². The zero-order chi connectivity index (χ0) is 29.2. The normalized spacial score (nSPS) is 18.1. The van der Waals surface area contributed by atoms with Gasteiger partial charge in [-0.25, -0.2) is 4.39 Å². The number of hydrogen-bond acceptors (Lipinski definition) is 4. The number of nitrogens with one attached hydrogen (secondary N) is 1. The second-order valence-electron chi connectivity index (χ2n) is 10.8. The fourth-order valence-corrected chi connectivity index (χ4v) is 6.28. The molecule has 0 unspecified atom stereocenters. The molecular formula is C36H34FN3O2. The summed E-state index contributed by atoms with van der Waals surface area (Å²) in [5, 5.41) is 3.57. The molecule has 0 spiro atoms. The molecule has 0 bridgehead atoms. The number of hydrogen-bond donors (Lipinski definition) is 1. The number of rotatable bonds is 6. The fraction of sp³-hybridized carbons (Fsp3) is 0.222. The highest BCUT2D eigenvalue weighted by atomic mass is 19.1. The van der Waals surface area contributed by atoms with Gasteiger partial charge in [-0.2, -0.15) is 0 Å². The van der Waals surface area contributed by atoms with E-state index in [-0.39, 0.29) is 23.4 Å². The van der Waals surface area contributed by atoms with E-state index in [0.717, 1.165) is 30.0 Å². The quantitative estimate of drug-likeness (QED) is 0.261. The Hall–Kier alpha value is -4.71. The summed E-state index contributed by atoms with van der Waals surface area (Å²) in [5.41, 5.74) is 6.25. The number of Topliss-reactive ketones (excluding diaryl/α,β-unsaturated/α-hetero) is 1. The summed E-state index contributed by atoms with van der Waals surface area (Å²) in [7, 11) is 0. The van der Waals surface area contributed by atoms with Crippen LogP contribution in [0.25, 0.3) is 0 Å². The highest BCUT2D eigenvalue weighted by Crippen LogP contribution is 2.48. The number of para-hydroxylation sites is 2. The lowest BCUT2D eigenvalue weighted by atomic mass is 9.78. The molecule has 4 aromatic rings. The summed E-state index contributed by atoms with van der Waals surface area (Å²) in [5.74, 6) is -0.625. The average molecular weight is 560 g/mol. The summed E-state index contributed by atoms with van der Waals surface area (Å²) in [6, 6.07) is 30.7. The molecule has 1 heterocycles. The second-order valence-corrected chi connectivity index (χ2v) is 10.8. The van der Waals surface area contributed by atoms with E-state index in [4.69, 9.17) is 0 Å². The van der Waals surface area contributed by atoms with Gasteiger partial charge in [0.15, 0.2) is 5.78 Å². The summed E-state index contributed by atoms with van der Waals surface area (Å²) in [6.07, 6.45) is 0.942. The van der Waals surface area contributed by atoms with Crippen molar-refractivity contribution in [2.75, 3.05) is 28.2 Å². The van der Waals surface area contributed by atoms with Crippen LogP contribution in [0.1, 0.15) is 60.1 Å². The molecule has 42 heavy (non-hydrogen) atoms. The van der Waals surface area contributed by atoms with Gasteiger partial charge in [0.25, 0.3) is 5.91 Å². The first-order chi connectivity index (χ1) is 20.5. The maximum Gasteiger partial charge on any atom is 0.259 e. The van der Waals surface area contributed by atoms with Crippen molar-refractivity contribution in [1.82, 2.24) is 0 Å². The van der Waals surface area contributed by atoms with Crippen LogP contribution in [0, 0.1) is 5.82 Å². The molecule has 4 aromatic carbocycles. The molecule has 0 aromatic heterocycles. The molecule has 1 amide bonds. The number of anilines is 3. The van der Waals surface area contributed by atoms with Crippen molar-refractivity contribution in [3.05, 3.63) is 137 Å². The number of carbonyl (C=O) groups excluding carboxylic acids is 2. The van der Waals surface area contributed by atoms with Gasteiger partial charge in [0.2, 0.25) is 0 Å². The van der Waals surface area contributed by atoms with Crippen LogP contribution in [0.3, 0.4) is 0 Å². The molecule has 1 aliphatic heterocycles. The largest absolute Gasteiger partial charge is 0.372 e. The number of allylic oxidation sites excluding steroid dienone is 1. The molecule has 0 saturated heterocycles. The third kappa shape index (κ3) is 5.09. The Morgan fingerprint density at radius 2 is 1.48 bits per heavy atom. The SMILES string of the molecule is CCN(CC)c1ccc([C@@H]2CC(=O)C3=C(C2)Nc2ccccc2N(C(=O)c2ccccc2)[C@@H]3c2ccc(F)cc2)cc1. The second kappa shape index (κ2) is 11.6. The lowest BCUT2D eigenvalue weighted by Crippen LogP contribution is -2.38. The van der Waals surface area contributed by atoms with E-state index in [0.29, 0.717) is 35.2 Å². The molecule has 2 aliphatic rings. The zero-order valence-electron chi connectivity index (χ0n) is 23.9. The summed E-state index contributed by atoms with van der Waals surface area (Å²) < 4.78 is 14.1. The lowest BCUT2D eigenvalue weighted by molar-refractivity contribution is -0.116. The minimum Gasteiger partial charge on any atom is -0.372 e. The molecule has 1 aliphatic carbocycles. The van der Waals surface area contributed by atoms with Crippen molar-refractivity contribution in [3.63, 3.8) is 0 Å². The van der Waals surface area contributed by atoms with Crippen molar-refractivity contribution in [2.24, 2.45) is 0 Å². The summed E-state index contributed by atoms with van der Waals surface area (Å²) in [4.78, 5) is 32.5. The van der Waals surface area contributed by atoms with Gasteiger partial charge in [0.1, 0.15) is 5.82 Å². The van der Waals surface area contributed by atoms with E-state index in [1.807, 2.05) is 42.5 Å². The van der Waals surface area contributed by atoms with Crippen LogP contribution in [0.15, 0.2) is 114 Å². The van der Waals surface area contributed by atoms with Crippen LogP contribution >= 0.6 is 0 Å². The first-order valence-corrected chi connectivity index (χ1v) is 14.6. The molecule has 212 valence electrons. The molecule has 6 rings (SSSR count). The van der Waals surface area contributed by atoms with E-state index < -0.39 is 6.04 Å². The number of fused-ring (bicyclic) bond motifs is 1. The third-order valence-electron chi connectivity index (χ3n) is 8.41. The van der Waals surface area contributed by atoms with Crippen molar-refractivity contribution in [3.8, 4) is 0 Å². The number of amides is 1. The van der Waals surface area contributed by atoms with Crippen molar-refractivity contribution in [2.45, 2.75) is 38.6 Å². The van der Waals surface area contributed by atoms with Crippen LogP contribution in [-0.4, -0.2) is 24.8 Å². The molecule has 0 radical (unpaired) electrons. The van der Waals surface area contributed by atoms with E-state index in [9.17, 15) is 14.0 Å². The Labute approximate surface area is 246 Å². The van der Waals surface area contributed by atoms with Crippen LogP contribution in [0.4, 0.5) is 21.5 Å². The number of nitrogens with zero attached hydrogens (tertiary/aromatic N) is 2. The number of carbonyl (C=O) groups is 2. The van der Waals surface area contributed by atoms with Gasteiger partial charge >= 0.3 is 0 Å². The molecular weight excluding hydrogens is 525 g/mol. The predicted octanol–water partition coefficient (Wildman–Crippen LogP) is 7.89. The third-order valence-corrected chi connectivity index (χ3v) is 8.41. The van der Waals surface area contributed by atoms with Crippen LogP contribution in [0.5, 0.6) is 0 Å². The average Bonchev–Trinajstić information content (AvgIpc) is 3.17. The van der Waals surface area contributed by atoms with Crippen LogP contribution in [-0.2, 0) is 4.79 Å². The Balaban J connectivity index is 1.48. The Morgan fingerprint density at radius 3 is 2.17 bits per heavy atom. The van der Waals surface area contributed by atoms with E-state index in [2.05, 4.69) is 48.3 Å². The van der Waals surface area contributed by atoms with Gasteiger partial charge in [0.05, 0.1) is 17.4 Å². The predicted molar refractivity (Wildman–Crippen MR) is 166 cm³/mol. The maximum absolute atomic E-state index is 14.3. The zero-order valence-corrected chi connectivity index (χ0v) is 23.9. The van der Waals surface area contributed by atoms with Crippen molar-refractivity contribution >= 4 is 28.8 Å². The van der Waals surface area contributed by atoms with Gasteiger partial charge in [-0.05, 0) is 85.8 Å². The van der Waals surface area contributed by atoms with Crippen LogP contribution < -0.4 is 15.1 Å². The Bertz CT molecular complexity index is 1630. The Kier molecular flexibility index (Phi) is 7.62. The first kappa shape index (κ1) is 27.5. The van der Waals surface area contributed by atoms with Crippen LogP contribution in [0.2, 0.25) is 0 Å². The molecule has 0 saturated carbocycles. The molecule has 1 N–H and O–H groups in total. The van der Waals surface area contributed by atoms with Gasteiger partial charge in [-0.15, -0.1) is 0 Å². The van der Waals surface area contributed by atoms with Crippen molar-refractivity contribution in [1.29, 1.82) is 0 Å². The fourth-order valence-electron chi connectivity index (χ4n) is 6.28. The highest BCUT2D eigenvalue weighted by molar-refractivity contribution is 6.12. The molecule has 6 heteroatoms. The van der Waals surface area contributed by atoms with Gasteiger partial charge < -0.3 is 10.2 Å². The standard InChI is InChI=1S/C36H34FN3O2/c1-3-39(4-2)29-20-16-24(17-21-29)27-22-31-34(33(41)23-27)35(25-14-18-28(37)19-15-25)40(32-13-9-8-12-30(32)38-31)36(42)26-10-6-5-7-11-26/h5-21,27,35,38H,3-4,22-23H2,1-2H3/t27-,35+/m0/s1. The number of ketones is 1. The molecule has 5 nitrogen and oxygen atoms in total. The molecule has 0 fully saturated rings. The first-order valence-electron chi connectivity index (χ1n) is 14.6. The molecule has 2 atom stereocenters. The lowest BCUT2D eigenvalue weighted by Gasteiger charge is -2.35.